The minimum absolute atomic E-state index is 0.0673. The van der Waals surface area contributed by atoms with Crippen molar-refractivity contribution in [2.24, 2.45) is 0 Å². The maximum absolute atomic E-state index is 13.2. The number of rotatable bonds is 4. The average Bonchev–Trinajstić information content (AvgIpc) is 2.23. The standard InChI is InChI=1S/C11H12BrF2NO/c1-7(6-12)15-11(16)5-8-9(13)3-2-4-10(8)14/h2-4,7H,5-6H2,1H3,(H,15,16). The van der Waals surface area contributed by atoms with Crippen LogP contribution < -0.4 is 5.32 Å². The molecule has 16 heavy (non-hydrogen) atoms. The fourth-order valence-corrected chi connectivity index (χ4v) is 1.39. The summed E-state index contributed by atoms with van der Waals surface area (Å²) in [5.74, 6) is -1.78. The van der Waals surface area contributed by atoms with E-state index in [9.17, 15) is 13.6 Å². The van der Waals surface area contributed by atoms with E-state index in [2.05, 4.69) is 21.2 Å². The third-order valence-electron chi connectivity index (χ3n) is 2.04. The fraction of sp³-hybridized carbons (Fsp3) is 0.364. The predicted molar refractivity (Wildman–Crippen MR) is 61.5 cm³/mol. The summed E-state index contributed by atoms with van der Waals surface area (Å²) < 4.78 is 26.4. The van der Waals surface area contributed by atoms with Gasteiger partial charge in [-0.3, -0.25) is 4.79 Å². The highest BCUT2D eigenvalue weighted by atomic mass is 79.9. The van der Waals surface area contributed by atoms with E-state index < -0.39 is 17.5 Å². The van der Waals surface area contributed by atoms with Crippen molar-refractivity contribution in [1.82, 2.24) is 5.32 Å². The number of amides is 1. The van der Waals surface area contributed by atoms with Crippen molar-refractivity contribution in [1.29, 1.82) is 0 Å². The second kappa shape index (κ2) is 5.94. The van der Waals surface area contributed by atoms with Crippen LogP contribution in [0.2, 0.25) is 0 Å². The zero-order chi connectivity index (χ0) is 12.1. The molecule has 1 N–H and O–H groups in total. The molecule has 1 unspecified atom stereocenters. The van der Waals surface area contributed by atoms with Crippen LogP contribution in [0.25, 0.3) is 0 Å². The first-order valence-corrected chi connectivity index (χ1v) is 5.95. The maximum Gasteiger partial charge on any atom is 0.224 e. The second-order valence-electron chi connectivity index (χ2n) is 3.50. The molecule has 1 amide bonds. The van der Waals surface area contributed by atoms with Gasteiger partial charge in [-0.25, -0.2) is 8.78 Å². The van der Waals surface area contributed by atoms with Gasteiger partial charge in [-0.15, -0.1) is 0 Å². The molecule has 88 valence electrons. The maximum atomic E-state index is 13.2. The van der Waals surface area contributed by atoms with Gasteiger partial charge in [0.25, 0.3) is 0 Å². The summed E-state index contributed by atoms with van der Waals surface area (Å²) >= 11 is 3.19. The number of nitrogens with one attached hydrogen (secondary N) is 1. The molecule has 0 radical (unpaired) electrons. The van der Waals surface area contributed by atoms with Crippen LogP contribution in [-0.4, -0.2) is 17.3 Å². The zero-order valence-corrected chi connectivity index (χ0v) is 10.4. The van der Waals surface area contributed by atoms with Crippen LogP contribution >= 0.6 is 15.9 Å². The van der Waals surface area contributed by atoms with Gasteiger partial charge in [0.1, 0.15) is 11.6 Å². The van der Waals surface area contributed by atoms with E-state index in [-0.39, 0.29) is 18.0 Å². The quantitative estimate of drug-likeness (QED) is 0.848. The molecule has 0 spiro atoms. The van der Waals surface area contributed by atoms with E-state index in [1.54, 1.807) is 6.92 Å². The van der Waals surface area contributed by atoms with Gasteiger partial charge in [-0.2, -0.15) is 0 Å². The SMILES string of the molecule is CC(CBr)NC(=O)Cc1c(F)cccc1F. The first kappa shape index (κ1) is 13.1. The van der Waals surface area contributed by atoms with Crippen molar-refractivity contribution in [3.63, 3.8) is 0 Å². The minimum atomic E-state index is -0.693. The molecule has 1 rings (SSSR count). The molecule has 0 bridgehead atoms. The van der Waals surface area contributed by atoms with Gasteiger partial charge in [0.05, 0.1) is 6.42 Å². The topological polar surface area (TPSA) is 29.1 Å². The molecule has 0 saturated heterocycles. The number of halogens is 3. The van der Waals surface area contributed by atoms with E-state index in [0.29, 0.717) is 5.33 Å². The van der Waals surface area contributed by atoms with E-state index in [4.69, 9.17) is 0 Å². The Morgan fingerprint density at radius 1 is 1.44 bits per heavy atom. The first-order chi connectivity index (χ1) is 7.54. The molecule has 0 aromatic heterocycles. The minimum Gasteiger partial charge on any atom is -0.353 e. The Balaban J connectivity index is 2.70. The van der Waals surface area contributed by atoms with Gasteiger partial charge < -0.3 is 5.32 Å². The Hall–Kier alpha value is -0.970. The van der Waals surface area contributed by atoms with E-state index >= 15 is 0 Å². The molecular weight excluding hydrogens is 280 g/mol. The average molecular weight is 292 g/mol. The van der Waals surface area contributed by atoms with Crippen LogP contribution in [0.15, 0.2) is 18.2 Å². The summed E-state index contributed by atoms with van der Waals surface area (Å²) in [4.78, 5) is 11.4. The number of carbonyl (C=O) groups is 1. The van der Waals surface area contributed by atoms with Gasteiger partial charge in [0, 0.05) is 16.9 Å². The number of hydrogen-bond donors (Lipinski definition) is 1. The van der Waals surface area contributed by atoms with Gasteiger partial charge in [0.15, 0.2) is 0 Å². The van der Waals surface area contributed by atoms with Crippen LogP contribution in [0.4, 0.5) is 8.78 Å². The lowest BCUT2D eigenvalue weighted by molar-refractivity contribution is -0.120. The molecular formula is C11H12BrF2NO. The number of hydrogen-bond acceptors (Lipinski definition) is 1. The summed E-state index contributed by atoms with van der Waals surface area (Å²) in [6.45, 7) is 1.80. The molecule has 0 aliphatic carbocycles. The lowest BCUT2D eigenvalue weighted by Gasteiger charge is -2.11. The van der Waals surface area contributed by atoms with Crippen LogP contribution in [0.5, 0.6) is 0 Å². The highest BCUT2D eigenvalue weighted by molar-refractivity contribution is 9.09. The third kappa shape index (κ3) is 3.56. The Bertz CT molecular complexity index is 364. The highest BCUT2D eigenvalue weighted by Gasteiger charge is 2.13. The Morgan fingerprint density at radius 2 is 2.00 bits per heavy atom. The first-order valence-electron chi connectivity index (χ1n) is 4.82. The van der Waals surface area contributed by atoms with Crippen molar-refractivity contribution in [3.05, 3.63) is 35.4 Å². The second-order valence-corrected chi connectivity index (χ2v) is 4.15. The Labute approximate surface area is 101 Å². The fourth-order valence-electron chi connectivity index (χ4n) is 1.23. The molecule has 0 saturated carbocycles. The lowest BCUT2D eigenvalue weighted by Crippen LogP contribution is -2.35. The summed E-state index contributed by atoms with van der Waals surface area (Å²) in [7, 11) is 0. The molecule has 1 aromatic carbocycles. The number of carbonyl (C=O) groups excluding carboxylic acids is 1. The molecule has 1 aromatic rings. The van der Waals surface area contributed by atoms with E-state index in [1.807, 2.05) is 0 Å². The van der Waals surface area contributed by atoms with E-state index in [0.717, 1.165) is 12.1 Å². The Kier molecular flexibility index (Phi) is 4.86. The van der Waals surface area contributed by atoms with Crippen molar-refractivity contribution < 1.29 is 13.6 Å². The van der Waals surface area contributed by atoms with Gasteiger partial charge in [-0.05, 0) is 19.1 Å². The third-order valence-corrected chi connectivity index (χ3v) is 3.01. The summed E-state index contributed by atoms with van der Waals surface area (Å²) in [6.07, 6.45) is -0.282. The van der Waals surface area contributed by atoms with Crippen molar-refractivity contribution in [3.8, 4) is 0 Å². The number of alkyl halides is 1. The normalized spacial score (nSPS) is 12.2. The van der Waals surface area contributed by atoms with Gasteiger partial charge in [0.2, 0.25) is 5.91 Å². The van der Waals surface area contributed by atoms with Crippen molar-refractivity contribution >= 4 is 21.8 Å². The van der Waals surface area contributed by atoms with Crippen molar-refractivity contribution in [2.75, 3.05) is 5.33 Å². The molecule has 0 fully saturated rings. The molecule has 5 heteroatoms. The largest absolute Gasteiger partial charge is 0.353 e. The summed E-state index contributed by atoms with van der Waals surface area (Å²) in [6, 6.07) is 3.48. The summed E-state index contributed by atoms with van der Waals surface area (Å²) in [5, 5.41) is 3.21. The molecule has 0 heterocycles. The Morgan fingerprint density at radius 3 is 2.50 bits per heavy atom. The van der Waals surface area contributed by atoms with Crippen LogP contribution in [-0.2, 0) is 11.2 Å². The van der Waals surface area contributed by atoms with E-state index in [1.165, 1.54) is 6.07 Å². The lowest BCUT2D eigenvalue weighted by atomic mass is 10.1. The molecule has 1 atom stereocenters. The monoisotopic (exact) mass is 291 g/mol. The molecule has 0 aliphatic heterocycles. The van der Waals surface area contributed by atoms with Gasteiger partial charge in [-0.1, -0.05) is 22.0 Å². The predicted octanol–water partition coefficient (Wildman–Crippen LogP) is 2.41. The highest BCUT2D eigenvalue weighted by Crippen LogP contribution is 2.12. The van der Waals surface area contributed by atoms with Crippen molar-refractivity contribution in [2.45, 2.75) is 19.4 Å². The van der Waals surface area contributed by atoms with Crippen LogP contribution in [0, 0.1) is 11.6 Å². The molecule has 0 aliphatic rings. The molecule has 2 nitrogen and oxygen atoms in total. The zero-order valence-electron chi connectivity index (χ0n) is 8.77. The number of benzene rings is 1. The summed E-state index contributed by atoms with van der Waals surface area (Å²) in [5.41, 5.74) is -0.193. The smallest absolute Gasteiger partial charge is 0.224 e. The van der Waals surface area contributed by atoms with Crippen LogP contribution in [0.1, 0.15) is 12.5 Å². The van der Waals surface area contributed by atoms with Gasteiger partial charge >= 0.3 is 0 Å². The van der Waals surface area contributed by atoms with Crippen LogP contribution in [0.3, 0.4) is 0 Å².